The van der Waals surface area contributed by atoms with Gasteiger partial charge in [0.1, 0.15) is 0 Å². The van der Waals surface area contributed by atoms with Crippen LogP contribution in [-0.4, -0.2) is 28.7 Å². The first-order chi connectivity index (χ1) is 15.1. The van der Waals surface area contributed by atoms with Crippen molar-refractivity contribution in [1.82, 2.24) is 9.72 Å². The lowest BCUT2D eigenvalue weighted by molar-refractivity contribution is 0.0528. The van der Waals surface area contributed by atoms with E-state index in [2.05, 4.69) is 5.32 Å². The highest BCUT2D eigenvalue weighted by atomic mass is 32.1. The number of pyridine rings is 1. The molecule has 0 unspecified atom stereocenters. The van der Waals surface area contributed by atoms with Gasteiger partial charge >= 0.3 is 5.97 Å². The van der Waals surface area contributed by atoms with Crippen LogP contribution in [0.1, 0.15) is 48.6 Å². The number of aromatic nitrogens is 1. The average Bonchev–Trinajstić information content (AvgIpc) is 3.46. The second kappa shape index (κ2) is 8.97. The van der Waals surface area contributed by atoms with Gasteiger partial charge in [0.25, 0.3) is 5.91 Å². The largest absolute Gasteiger partial charge is 0.462 e. The highest BCUT2D eigenvalue weighted by Crippen LogP contribution is 2.24. The second-order valence-electron chi connectivity index (χ2n) is 6.81. The van der Waals surface area contributed by atoms with E-state index in [1.54, 1.807) is 41.8 Å². The van der Waals surface area contributed by atoms with Crippen molar-refractivity contribution in [2.45, 2.75) is 13.5 Å². The van der Waals surface area contributed by atoms with Crippen LogP contribution in [0.2, 0.25) is 0 Å². The summed E-state index contributed by atoms with van der Waals surface area (Å²) in [7, 11) is 0. The maximum atomic E-state index is 13.0. The first-order valence-electron chi connectivity index (χ1n) is 9.81. The number of thiophene rings is 1. The Labute approximate surface area is 183 Å². The number of esters is 1. The van der Waals surface area contributed by atoms with E-state index < -0.39 is 5.97 Å². The summed E-state index contributed by atoms with van der Waals surface area (Å²) < 4.78 is 6.79. The number of carbonyl (C=O) groups is 3. The third-order valence-corrected chi connectivity index (χ3v) is 5.67. The molecule has 0 atom stereocenters. The van der Waals surface area contributed by atoms with Crippen molar-refractivity contribution in [1.29, 1.82) is 0 Å². The van der Waals surface area contributed by atoms with Crippen LogP contribution in [0.5, 0.6) is 0 Å². The monoisotopic (exact) mass is 432 g/mol. The minimum atomic E-state index is -0.535. The quantitative estimate of drug-likeness (QED) is 0.348. The van der Waals surface area contributed by atoms with Gasteiger partial charge in [-0.25, -0.2) is 4.79 Å². The first-order valence-corrected chi connectivity index (χ1v) is 10.7. The topological polar surface area (TPSA) is 76.9 Å². The Morgan fingerprint density at radius 2 is 1.84 bits per heavy atom. The first kappa shape index (κ1) is 20.6. The van der Waals surface area contributed by atoms with E-state index >= 15 is 0 Å². The molecule has 0 aliphatic rings. The Morgan fingerprint density at radius 3 is 2.55 bits per heavy atom. The van der Waals surface area contributed by atoms with Crippen LogP contribution in [0.4, 0.5) is 0 Å². The molecule has 0 radical (unpaired) electrons. The Kier molecular flexibility index (Phi) is 5.95. The van der Waals surface area contributed by atoms with E-state index in [-0.39, 0.29) is 23.9 Å². The van der Waals surface area contributed by atoms with E-state index in [1.165, 1.54) is 17.4 Å². The molecule has 7 heteroatoms. The van der Waals surface area contributed by atoms with Crippen molar-refractivity contribution in [3.8, 4) is 0 Å². The molecule has 4 aromatic rings. The molecule has 3 aromatic heterocycles. The molecule has 0 bridgehead atoms. The molecule has 0 saturated heterocycles. The third-order valence-electron chi connectivity index (χ3n) is 4.80. The molecule has 0 fully saturated rings. The van der Waals surface area contributed by atoms with Crippen LogP contribution >= 0.6 is 11.3 Å². The highest BCUT2D eigenvalue weighted by Gasteiger charge is 2.23. The molecule has 0 saturated carbocycles. The molecule has 1 N–H and O–H groups in total. The summed E-state index contributed by atoms with van der Waals surface area (Å²) in [6, 6.07) is 17.9. The van der Waals surface area contributed by atoms with Gasteiger partial charge in [0.05, 0.1) is 28.3 Å². The van der Waals surface area contributed by atoms with Gasteiger partial charge in [-0.3, -0.25) is 9.59 Å². The Bertz CT molecular complexity index is 1240. The van der Waals surface area contributed by atoms with Crippen LogP contribution in [-0.2, 0) is 11.3 Å². The van der Waals surface area contributed by atoms with E-state index in [4.69, 9.17) is 4.74 Å². The number of benzene rings is 1. The maximum absolute atomic E-state index is 13.0. The molecular weight excluding hydrogens is 412 g/mol. The zero-order valence-electron chi connectivity index (χ0n) is 16.8. The van der Waals surface area contributed by atoms with Crippen LogP contribution in [0, 0.1) is 0 Å². The minimum Gasteiger partial charge on any atom is -0.462 e. The van der Waals surface area contributed by atoms with Crippen LogP contribution < -0.4 is 5.32 Å². The summed E-state index contributed by atoms with van der Waals surface area (Å²) >= 11 is 1.33. The molecule has 6 nitrogen and oxygen atoms in total. The molecule has 31 heavy (non-hydrogen) atoms. The zero-order valence-corrected chi connectivity index (χ0v) is 17.6. The van der Waals surface area contributed by atoms with Gasteiger partial charge in [0.2, 0.25) is 5.78 Å². The van der Waals surface area contributed by atoms with Gasteiger partial charge in [0, 0.05) is 18.3 Å². The van der Waals surface area contributed by atoms with Gasteiger partial charge in [0.15, 0.2) is 0 Å². The molecule has 156 valence electrons. The van der Waals surface area contributed by atoms with E-state index in [0.717, 1.165) is 5.56 Å². The standard InChI is InChI=1S/C24H20N2O4S/c1-2-30-24(29)18-14-20(22(27)21-9-6-12-31-21)26-11-10-17(13-19(18)26)23(28)25-15-16-7-4-3-5-8-16/h3-14H,2,15H2,1H3,(H,25,28). The van der Waals surface area contributed by atoms with Crippen molar-refractivity contribution in [2.75, 3.05) is 6.61 Å². The lowest BCUT2D eigenvalue weighted by Gasteiger charge is -2.08. The molecule has 3 heterocycles. The summed E-state index contributed by atoms with van der Waals surface area (Å²) in [6.07, 6.45) is 1.64. The van der Waals surface area contributed by atoms with Crippen molar-refractivity contribution >= 4 is 34.5 Å². The minimum absolute atomic E-state index is 0.193. The highest BCUT2D eigenvalue weighted by molar-refractivity contribution is 7.12. The summed E-state index contributed by atoms with van der Waals surface area (Å²) in [6.45, 7) is 2.32. The smallest absolute Gasteiger partial charge is 0.340 e. The number of ether oxygens (including phenoxy) is 1. The molecule has 0 aliphatic carbocycles. The number of nitrogens with zero attached hydrogens (tertiary/aromatic N) is 1. The molecule has 0 spiro atoms. The number of amides is 1. The number of ketones is 1. The average molecular weight is 433 g/mol. The summed E-state index contributed by atoms with van der Waals surface area (Å²) in [5.74, 6) is -0.998. The van der Waals surface area contributed by atoms with Crippen LogP contribution in [0.3, 0.4) is 0 Å². The van der Waals surface area contributed by atoms with Crippen molar-refractivity contribution in [3.05, 3.63) is 99.5 Å². The second-order valence-corrected chi connectivity index (χ2v) is 7.76. The zero-order chi connectivity index (χ0) is 21.8. The molecule has 0 aliphatic heterocycles. The summed E-state index contributed by atoms with van der Waals surface area (Å²) in [4.78, 5) is 38.7. The fourth-order valence-electron chi connectivity index (χ4n) is 3.30. The number of rotatable bonds is 7. The van der Waals surface area contributed by atoms with Crippen molar-refractivity contribution < 1.29 is 19.1 Å². The lowest BCUT2D eigenvalue weighted by Crippen LogP contribution is -2.23. The Balaban J connectivity index is 1.69. The summed E-state index contributed by atoms with van der Waals surface area (Å²) in [5, 5.41) is 4.70. The number of carbonyl (C=O) groups excluding carboxylic acids is 3. The summed E-state index contributed by atoms with van der Waals surface area (Å²) in [5.41, 5.74) is 2.42. The SMILES string of the molecule is CCOC(=O)c1cc(C(=O)c2cccs2)n2ccc(C(=O)NCc3ccccc3)cc12. The lowest BCUT2D eigenvalue weighted by atomic mass is 10.1. The van der Waals surface area contributed by atoms with E-state index in [0.29, 0.717) is 28.2 Å². The van der Waals surface area contributed by atoms with Gasteiger partial charge in [-0.05, 0) is 42.1 Å². The van der Waals surface area contributed by atoms with Crippen LogP contribution in [0.15, 0.2) is 72.2 Å². The van der Waals surface area contributed by atoms with Gasteiger partial charge in [-0.2, -0.15) is 0 Å². The van der Waals surface area contributed by atoms with E-state index in [9.17, 15) is 14.4 Å². The number of fused-ring (bicyclic) bond motifs is 1. The Morgan fingerprint density at radius 1 is 1.03 bits per heavy atom. The molecule has 4 rings (SSSR count). The fraction of sp³-hybridized carbons (Fsp3) is 0.125. The fourth-order valence-corrected chi connectivity index (χ4v) is 3.97. The predicted molar refractivity (Wildman–Crippen MR) is 119 cm³/mol. The van der Waals surface area contributed by atoms with Crippen molar-refractivity contribution in [3.63, 3.8) is 0 Å². The molecular formula is C24H20N2O4S. The number of nitrogens with one attached hydrogen (secondary N) is 1. The van der Waals surface area contributed by atoms with Gasteiger partial charge < -0.3 is 14.5 Å². The van der Waals surface area contributed by atoms with Crippen molar-refractivity contribution in [2.24, 2.45) is 0 Å². The normalized spacial score (nSPS) is 10.7. The number of hydrogen-bond acceptors (Lipinski definition) is 5. The molecule has 1 aromatic carbocycles. The third kappa shape index (κ3) is 4.27. The van der Waals surface area contributed by atoms with Gasteiger partial charge in [-0.15, -0.1) is 11.3 Å². The Hall–Kier alpha value is -3.71. The van der Waals surface area contributed by atoms with E-state index in [1.807, 2.05) is 35.7 Å². The number of hydrogen-bond donors (Lipinski definition) is 1. The molecule has 1 amide bonds. The van der Waals surface area contributed by atoms with Crippen LogP contribution in [0.25, 0.3) is 5.52 Å². The van der Waals surface area contributed by atoms with Gasteiger partial charge in [-0.1, -0.05) is 36.4 Å². The predicted octanol–water partition coefficient (Wildman–Crippen LogP) is 4.34. The maximum Gasteiger partial charge on any atom is 0.340 e.